The standard InChI is InChI=1S/C10H12F6/c1-4-2-5-3-6(4)9(12,13)7(5)8(11)10(14,15)16/h4-8H,2-3H2,1H3. The van der Waals surface area contributed by atoms with E-state index in [1.54, 1.807) is 6.92 Å². The van der Waals surface area contributed by atoms with Crippen LogP contribution in [0, 0.1) is 23.7 Å². The molecule has 0 heterocycles. The fourth-order valence-electron chi connectivity index (χ4n) is 3.33. The SMILES string of the molecule is CC1CC2CC1C(F)(F)C2C(F)C(F)(F)F. The van der Waals surface area contributed by atoms with Crippen molar-refractivity contribution in [3.8, 4) is 0 Å². The molecule has 0 aromatic carbocycles. The Labute approximate surface area is 89.0 Å². The van der Waals surface area contributed by atoms with Crippen LogP contribution in [0.2, 0.25) is 0 Å². The Balaban J connectivity index is 2.25. The van der Waals surface area contributed by atoms with E-state index in [1.807, 2.05) is 0 Å². The summed E-state index contributed by atoms with van der Waals surface area (Å²) in [6.07, 6.45) is -8.27. The smallest absolute Gasteiger partial charge is 0.237 e. The van der Waals surface area contributed by atoms with Gasteiger partial charge < -0.3 is 0 Å². The maximum Gasteiger partial charge on any atom is 0.420 e. The summed E-state index contributed by atoms with van der Waals surface area (Å²) >= 11 is 0. The van der Waals surface area contributed by atoms with E-state index < -0.39 is 36.0 Å². The molecular weight excluding hydrogens is 234 g/mol. The van der Waals surface area contributed by atoms with Crippen LogP contribution >= 0.6 is 0 Å². The predicted molar refractivity (Wildman–Crippen MR) is 44.8 cm³/mol. The van der Waals surface area contributed by atoms with Gasteiger partial charge in [-0.15, -0.1) is 0 Å². The van der Waals surface area contributed by atoms with Gasteiger partial charge in [-0.2, -0.15) is 13.2 Å². The first-order valence-electron chi connectivity index (χ1n) is 5.24. The first-order valence-corrected chi connectivity index (χ1v) is 5.24. The summed E-state index contributed by atoms with van der Waals surface area (Å²) in [5.41, 5.74) is 0. The first-order chi connectivity index (χ1) is 7.15. The monoisotopic (exact) mass is 246 g/mol. The number of hydrogen-bond donors (Lipinski definition) is 0. The molecular formula is C10H12F6. The van der Waals surface area contributed by atoms with E-state index in [4.69, 9.17) is 0 Å². The third-order valence-corrected chi connectivity index (χ3v) is 3.99. The number of rotatable bonds is 1. The van der Waals surface area contributed by atoms with E-state index in [1.165, 1.54) is 0 Å². The molecule has 0 amide bonds. The number of alkyl halides is 6. The van der Waals surface area contributed by atoms with Gasteiger partial charge in [-0.1, -0.05) is 6.92 Å². The van der Waals surface area contributed by atoms with Crippen molar-refractivity contribution in [2.75, 3.05) is 0 Å². The van der Waals surface area contributed by atoms with E-state index in [0.29, 0.717) is 0 Å². The Morgan fingerprint density at radius 3 is 2.12 bits per heavy atom. The summed E-state index contributed by atoms with van der Waals surface area (Å²) in [7, 11) is 0. The molecule has 2 saturated carbocycles. The van der Waals surface area contributed by atoms with Gasteiger partial charge in [0.05, 0.1) is 5.92 Å². The topological polar surface area (TPSA) is 0 Å². The maximum atomic E-state index is 13.6. The minimum Gasteiger partial charge on any atom is -0.237 e. The summed E-state index contributed by atoms with van der Waals surface area (Å²) in [5, 5.41) is 0. The van der Waals surface area contributed by atoms with Crippen LogP contribution in [0.3, 0.4) is 0 Å². The Morgan fingerprint density at radius 2 is 1.75 bits per heavy atom. The van der Waals surface area contributed by atoms with Gasteiger partial charge in [-0.05, 0) is 24.7 Å². The molecule has 2 rings (SSSR count). The van der Waals surface area contributed by atoms with Gasteiger partial charge in [-0.3, -0.25) is 0 Å². The normalized spacial score (nSPS) is 43.7. The molecule has 2 aliphatic rings. The van der Waals surface area contributed by atoms with Crippen LogP contribution in [0.25, 0.3) is 0 Å². The quantitative estimate of drug-likeness (QED) is 0.617. The molecule has 94 valence electrons. The molecule has 0 spiro atoms. The molecule has 0 saturated heterocycles. The molecule has 5 unspecified atom stereocenters. The Bertz CT molecular complexity index is 284. The highest BCUT2D eigenvalue weighted by atomic mass is 19.4. The van der Waals surface area contributed by atoms with Crippen LogP contribution < -0.4 is 0 Å². The fourth-order valence-corrected chi connectivity index (χ4v) is 3.33. The van der Waals surface area contributed by atoms with E-state index in [2.05, 4.69) is 0 Å². The molecule has 0 radical (unpaired) electrons. The molecule has 2 aliphatic carbocycles. The minimum absolute atomic E-state index is 0.0231. The summed E-state index contributed by atoms with van der Waals surface area (Å²) in [6.45, 7) is 1.59. The van der Waals surface area contributed by atoms with Crippen LogP contribution in [0.5, 0.6) is 0 Å². The molecule has 2 fully saturated rings. The molecule has 16 heavy (non-hydrogen) atoms. The zero-order valence-electron chi connectivity index (χ0n) is 8.57. The number of fused-ring (bicyclic) bond motifs is 2. The molecule has 6 heteroatoms. The van der Waals surface area contributed by atoms with Crippen LogP contribution in [-0.4, -0.2) is 18.3 Å². The van der Waals surface area contributed by atoms with Crippen LogP contribution in [-0.2, 0) is 0 Å². The van der Waals surface area contributed by atoms with Gasteiger partial charge in [0.2, 0.25) is 6.17 Å². The highest BCUT2D eigenvalue weighted by molar-refractivity contribution is 5.07. The highest BCUT2D eigenvalue weighted by Gasteiger charge is 2.68. The fraction of sp³-hybridized carbons (Fsp3) is 1.00. The van der Waals surface area contributed by atoms with Crippen molar-refractivity contribution in [1.29, 1.82) is 0 Å². The van der Waals surface area contributed by atoms with E-state index in [0.717, 1.165) is 0 Å². The van der Waals surface area contributed by atoms with E-state index >= 15 is 0 Å². The summed E-state index contributed by atoms with van der Waals surface area (Å²) in [5.74, 6) is -7.91. The van der Waals surface area contributed by atoms with Gasteiger partial charge in [0.1, 0.15) is 0 Å². The van der Waals surface area contributed by atoms with Gasteiger partial charge in [0.25, 0.3) is 5.92 Å². The molecule has 0 aliphatic heterocycles. The zero-order chi connectivity index (χ0) is 12.3. The third-order valence-electron chi connectivity index (χ3n) is 3.99. The van der Waals surface area contributed by atoms with Crippen molar-refractivity contribution >= 4 is 0 Å². The molecule has 0 nitrogen and oxygen atoms in total. The second-order valence-corrected chi connectivity index (χ2v) is 4.96. The van der Waals surface area contributed by atoms with Gasteiger partial charge >= 0.3 is 6.18 Å². The largest absolute Gasteiger partial charge is 0.420 e. The van der Waals surface area contributed by atoms with Gasteiger partial charge in [0, 0.05) is 5.92 Å². The van der Waals surface area contributed by atoms with Crippen molar-refractivity contribution < 1.29 is 26.3 Å². The second kappa shape index (κ2) is 3.29. The zero-order valence-corrected chi connectivity index (χ0v) is 8.57. The Hall–Kier alpha value is -0.420. The average molecular weight is 246 g/mol. The van der Waals surface area contributed by atoms with Crippen molar-refractivity contribution in [3.05, 3.63) is 0 Å². The van der Waals surface area contributed by atoms with Gasteiger partial charge in [-0.25, -0.2) is 13.2 Å². The first kappa shape index (κ1) is 12.0. The van der Waals surface area contributed by atoms with Crippen LogP contribution in [0.15, 0.2) is 0 Å². The highest BCUT2D eigenvalue weighted by Crippen LogP contribution is 2.62. The van der Waals surface area contributed by atoms with Crippen molar-refractivity contribution in [1.82, 2.24) is 0 Å². The maximum absolute atomic E-state index is 13.6. The van der Waals surface area contributed by atoms with E-state index in [9.17, 15) is 26.3 Å². The van der Waals surface area contributed by atoms with Crippen LogP contribution in [0.4, 0.5) is 26.3 Å². The average Bonchev–Trinajstić information content (AvgIpc) is 2.55. The van der Waals surface area contributed by atoms with Crippen molar-refractivity contribution in [2.45, 2.75) is 38.0 Å². The number of hydrogen-bond acceptors (Lipinski definition) is 0. The Kier molecular flexibility index (Phi) is 2.48. The van der Waals surface area contributed by atoms with Crippen LogP contribution in [0.1, 0.15) is 19.8 Å². The third kappa shape index (κ3) is 1.52. The lowest BCUT2D eigenvalue weighted by Crippen LogP contribution is -2.47. The van der Waals surface area contributed by atoms with Crippen molar-refractivity contribution in [2.24, 2.45) is 23.7 Å². The molecule has 0 aromatic rings. The minimum atomic E-state index is -5.18. The summed E-state index contributed by atoms with van der Waals surface area (Å²) in [4.78, 5) is 0. The lowest BCUT2D eigenvalue weighted by Gasteiger charge is -2.36. The molecule has 2 bridgehead atoms. The van der Waals surface area contributed by atoms with Crippen molar-refractivity contribution in [3.63, 3.8) is 0 Å². The van der Waals surface area contributed by atoms with E-state index in [-0.39, 0.29) is 18.8 Å². The molecule has 0 N–H and O–H groups in total. The predicted octanol–water partition coefficient (Wildman–Crippen LogP) is 3.81. The summed E-state index contributed by atoms with van der Waals surface area (Å²) in [6, 6.07) is 0. The molecule has 0 aromatic heterocycles. The second-order valence-electron chi connectivity index (χ2n) is 4.96. The molecule has 5 atom stereocenters. The number of halogens is 6. The lowest BCUT2D eigenvalue weighted by molar-refractivity contribution is -0.236. The lowest BCUT2D eigenvalue weighted by atomic mass is 9.77. The Morgan fingerprint density at radius 1 is 1.19 bits per heavy atom. The summed E-state index contributed by atoms with van der Waals surface area (Å²) < 4.78 is 76.8. The van der Waals surface area contributed by atoms with Gasteiger partial charge in [0.15, 0.2) is 0 Å².